The smallest absolute Gasteiger partial charge is 0.300 e. The van der Waals surface area contributed by atoms with Crippen molar-refractivity contribution in [2.24, 2.45) is 0 Å². The standard InChI is InChI=1S/C31H34N2O5/c1-6-32(7-2)23-13-15-24(16-14-23)33-28(22-9-8-10-26(19-22)37-5)27(30(35)31(33)36)29(34)21-11-17-25(18-12-21)38-20(3)4/h8-20,28,34H,6-7H2,1-5H3/b29-27-. The Hall–Kier alpha value is -4.26. The van der Waals surface area contributed by atoms with Gasteiger partial charge in [0.2, 0.25) is 0 Å². The highest BCUT2D eigenvalue weighted by molar-refractivity contribution is 6.51. The molecule has 1 saturated heterocycles. The van der Waals surface area contributed by atoms with Crippen LogP contribution in [0.1, 0.15) is 44.9 Å². The molecular formula is C31H34N2O5. The average Bonchev–Trinajstić information content (AvgIpc) is 3.19. The minimum Gasteiger partial charge on any atom is -0.507 e. The maximum Gasteiger partial charge on any atom is 0.300 e. The molecule has 1 amide bonds. The third-order valence-electron chi connectivity index (χ3n) is 6.61. The molecule has 7 nitrogen and oxygen atoms in total. The molecule has 1 heterocycles. The molecule has 198 valence electrons. The first-order valence-corrected chi connectivity index (χ1v) is 12.9. The fourth-order valence-electron chi connectivity index (χ4n) is 4.76. The average molecular weight is 515 g/mol. The van der Waals surface area contributed by atoms with Crippen molar-refractivity contribution in [1.82, 2.24) is 0 Å². The second-order valence-electron chi connectivity index (χ2n) is 9.33. The van der Waals surface area contributed by atoms with E-state index in [1.165, 1.54) is 4.90 Å². The summed E-state index contributed by atoms with van der Waals surface area (Å²) in [6, 6.07) is 20.8. The first kappa shape index (κ1) is 26.8. The molecule has 0 aliphatic carbocycles. The Morgan fingerprint density at radius 3 is 2.18 bits per heavy atom. The van der Waals surface area contributed by atoms with E-state index in [0.717, 1.165) is 18.8 Å². The van der Waals surface area contributed by atoms with Gasteiger partial charge in [0.05, 0.1) is 24.8 Å². The number of carbonyl (C=O) groups excluding carboxylic acids is 2. The van der Waals surface area contributed by atoms with Crippen LogP contribution < -0.4 is 19.3 Å². The summed E-state index contributed by atoms with van der Waals surface area (Å²) in [5.41, 5.74) is 2.68. The molecule has 38 heavy (non-hydrogen) atoms. The lowest BCUT2D eigenvalue weighted by Crippen LogP contribution is -2.29. The number of nitrogens with zero attached hydrogens (tertiary/aromatic N) is 2. The fourth-order valence-corrected chi connectivity index (χ4v) is 4.76. The van der Waals surface area contributed by atoms with E-state index >= 15 is 0 Å². The molecule has 3 aromatic rings. The summed E-state index contributed by atoms with van der Waals surface area (Å²) in [6.45, 7) is 9.73. The van der Waals surface area contributed by atoms with Crippen molar-refractivity contribution < 1.29 is 24.2 Å². The van der Waals surface area contributed by atoms with E-state index in [9.17, 15) is 14.7 Å². The molecular weight excluding hydrogens is 480 g/mol. The Morgan fingerprint density at radius 1 is 0.947 bits per heavy atom. The SMILES string of the molecule is CCN(CC)c1ccc(N2C(=O)C(=O)/C(=C(\O)c3ccc(OC(C)C)cc3)C2c2cccc(OC)c2)cc1. The number of aliphatic hydroxyl groups is 1. The maximum atomic E-state index is 13.5. The molecule has 0 bridgehead atoms. The van der Waals surface area contributed by atoms with E-state index in [0.29, 0.717) is 28.3 Å². The van der Waals surface area contributed by atoms with Crippen LogP contribution in [0.4, 0.5) is 11.4 Å². The zero-order valence-corrected chi connectivity index (χ0v) is 22.5. The van der Waals surface area contributed by atoms with E-state index in [1.54, 1.807) is 49.6 Å². The molecule has 0 aromatic heterocycles. The summed E-state index contributed by atoms with van der Waals surface area (Å²) in [6.07, 6.45) is 0.000882. The van der Waals surface area contributed by atoms with Crippen molar-refractivity contribution >= 4 is 28.8 Å². The largest absolute Gasteiger partial charge is 0.507 e. The second-order valence-corrected chi connectivity index (χ2v) is 9.33. The van der Waals surface area contributed by atoms with Crippen LogP contribution in [0.3, 0.4) is 0 Å². The molecule has 4 rings (SSSR count). The van der Waals surface area contributed by atoms with Crippen molar-refractivity contribution in [2.75, 3.05) is 30.0 Å². The third kappa shape index (κ3) is 5.23. The highest BCUT2D eigenvalue weighted by atomic mass is 16.5. The number of ether oxygens (including phenoxy) is 2. The van der Waals surface area contributed by atoms with Gasteiger partial charge >= 0.3 is 0 Å². The Labute approximate surface area is 223 Å². The number of hydrogen-bond acceptors (Lipinski definition) is 6. The van der Waals surface area contributed by atoms with Gasteiger partial charge in [-0.3, -0.25) is 14.5 Å². The zero-order valence-electron chi connectivity index (χ0n) is 22.5. The first-order valence-electron chi connectivity index (χ1n) is 12.9. The van der Waals surface area contributed by atoms with Gasteiger partial charge in [0.1, 0.15) is 17.3 Å². The Morgan fingerprint density at radius 2 is 1.61 bits per heavy atom. The number of amides is 1. The number of benzene rings is 3. The minimum atomic E-state index is -0.837. The normalized spacial score (nSPS) is 16.7. The van der Waals surface area contributed by atoms with E-state index in [-0.39, 0.29) is 17.4 Å². The van der Waals surface area contributed by atoms with Gasteiger partial charge in [-0.25, -0.2) is 0 Å². The molecule has 0 saturated carbocycles. The molecule has 1 aliphatic rings. The van der Waals surface area contributed by atoms with E-state index < -0.39 is 17.7 Å². The van der Waals surface area contributed by atoms with Crippen LogP contribution in [0.5, 0.6) is 11.5 Å². The van der Waals surface area contributed by atoms with Gasteiger partial charge in [0, 0.05) is 30.0 Å². The van der Waals surface area contributed by atoms with Crippen molar-refractivity contribution in [3.05, 3.63) is 89.5 Å². The Balaban J connectivity index is 1.84. The van der Waals surface area contributed by atoms with Crippen LogP contribution >= 0.6 is 0 Å². The third-order valence-corrected chi connectivity index (χ3v) is 6.61. The molecule has 3 aromatic carbocycles. The number of methoxy groups -OCH3 is 1. The monoisotopic (exact) mass is 514 g/mol. The first-order chi connectivity index (χ1) is 18.3. The lowest BCUT2D eigenvalue weighted by atomic mass is 9.95. The highest BCUT2D eigenvalue weighted by Gasteiger charge is 2.47. The molecule has 1 unspecified atom stereocenters. The minimum absolute atomic E-state index is 0.000882. The van der Waals surface area contributed by atoms with Gasteiger partial charge in [-0.2, -0.15) is 0 Å². The van der Waals surface area contributed by atoms with Crippen LogP contribution in [0.2, 0.25) is 0 Å². The quantitative estimate of drug-likeness (QED) is 0.216. The van der Waals surface area contributed by atoms with Gasteiger partial charge in [0.25, 0.3) is 11.7 Å². The summed E-state index contributed by atoms with van der Waals surface area (Å²) >= 11 is 0. The number of carbonyl (C=O) groups is 2. The lowest BCUT2D eigenvalue weighted by Gasteiger charge is -2.27. The Bertz CT molecular complexity index is 1330. The van der Waals surface area contributed by atoms with Crippen LogP contribution in [-0.4, -0.2) is 43.1 Å². The zero-order chi connectivity index (χ0) is 27.4. The van der Waals surface area contributed by atoms with Crippen LogP contribution in [0.25, 0.3) is 5.76 Å². The van der Waals surface area contributed by atoms with Crippen molar-refractivity contribution in [2.45, 2.75) is 39.8 Å². The predicted molar refractivity (Wildman–Crippen MR) is 150 cm³/mol. The van der Waals surface area contributed by atoms with Gasteiger partial charge < -0.3 is 19.5 Å². The highest BCUT2D eigenvalue weighted by Crippen LogP contribution is 2.43. The predicted octanol–water partition coefficient (Wildman–Crippen LogP) is 5.95. The number of anilines is 2. The van der Waals surface area contributed by atoms with Crippen molar-refractivity contribution in [3.8, 4) is 11.5 Å². The van der Waals surface area contributed by atoms with E-state index in [4.69, 9.17) is 9.47 Å². The van der Waals surface area contributed by atoms with Crippen LogP contribution in [0.15, 0.2) is 78.4 Å². The molecule has 1 aliphatic heterocycles. The van der Waals surface area contributed by atoms with Crippen LogP contribution in [0, 0.1) is 0 Å². The molecule has 1 fully saturated rings. The number of hydrogen-bond donors (Lipinski definition) is 1. The van der Waals surface area contributed by atoms with E-state index in [1.807, 2.05) is 44.2 Å². The Kier molecular flexibility index (Phi) is 8.05. The molecule has 0 radical (unpaired) electrons. The second kappa shape index (κ2) is 11.4. The number of aliphatic hydroxyl groups excluding tert-OH is 1. The topological polar surface area (TPSA) is 79.3 Å². The van der Waals surface area contributed by atoms with Crippen molar-refractivity contribution in [3.63, 3.8) is 0 Å². The number of rotatable bonds is 9. The fraction of sp³-hybridized carbons (Fsp3) is 0.290. The molecule has 0 spiro atoms. The van der Waals surface area contributed by atoms with Crippen molar-refractivity contribution in [1.29, 1.82) is 0 Å². The summed E-state index contributed by atoms with van der Waals surface area (Å²) < 4.78 is 11.1. The summed E-state index contributed by atoms with van der Waals surface area (Å²) in [5, 5.41) is 11.4. The van der Waals surface area contributed by atoms with Gasteiger partial charge in [-0.15, -0.1) is 0 Å². The summed E-state index contributed by atoms with van der Waals surface area (Å²) in [4.78, 5) is 30.6. The molecule has 1 atom stereocenters. The number of ketones is 1. The van der Waals surface area contributed by atoms with Gasteiger partial charge in [-0.1, -0.05) is 12.1 Å². The van der Waals surface area contributed by atoms with Gasteiger partial charge in [-0.05, 0) is 93.9 Å². The number of Topliss-reactive ketones (excluding diaryl/α,β-unsaturated/α-hetero) is 1. The summed E-state index contributed by atoms with van der Waals surface area (Å²) in [7, 11) is 1.56. The molecule has 7 heteroatoms. The lowest BCUT2D eigenvalue weighted by molar-refractivity contribution is -0.132. The maximum absolute atomic E-state index is 13.5. The van der Waals surface area contributed by atoms with Crippen LogP contribution in [-0.2, 0) is 9.59 Å². The van der Waals surface area contributed by atoms with E-state index in [2.05, 4.69) is 18.7 Å². The molecule has 1 N–H and O–H groups in total. The summed E-state index contributed by atoms with van der Waals surface area (Å²) in [5.74, 6) is -0.454. The van der Waals surface area contributed by atoms with Gasteiger partial charge in [0.15, 0.2) is 0 Å².